The zero-order chi connectivity index (χ0) is 20.1. The monoisotopic (exact) mass is 446 g/mol. The molecule has 5 heteroatoms. The lowest BCUT2D eigenvalue weighted by atomic mass is 10.1. The molecule has 28 heavy (non-hydrogen) atoms. The smallest absolute Gasteiger partial charge is 0.310 e. The number of hydrogen-bond donors (Lipinski definition) is 0. The molecule has 0 heterocycles. The summed E-state index contributed by atoms with van der Waals surface area (Å²) in [7, 11) is 0. The van der Waals surface area contributed by atoms with Crippen molar-refractivity contribution in [2.45, 2.75) is 52.2 Å². The highest BCUT2D eigenvalue weighted by molar-refractivity contribution is 9.10. The van der Waals surface area contributed by atoms with Crippen LogP contribution in [-0.4, -0.2) is 18.2 Å². The van der Waals surface area contributed by atoms with Crippen LogP contribution < -0.4 is 9.47 Å². The summed E-state index contributed by atoms with van der Waals surface area (Å²) in [5, 5.41) is 0. The van der Waals surface area contributed by atoms with E-state index in [0.717, 1.165) is 28.0 Å². The van der Waals surface area contributed by atoms with Gasteiger partial charge in [-0.2, -0.15) is 0 Å². The molecule has 0 unspecified atom stereocenters. The third-order valence-corrected chi connectivity index (χ3v) is 4.69. The van der Waals surface area contributed by atoms with Crippen molar-refractivity contribution < 1.29 is 19.0 Å². The van der Waals surface area contributed by atoms with Crippen LogP contribution in [0.5, 0.6) is 11.5 Å². The summed E-state index contributed by atoms with van der Waals surface area (Å²) in [6.45, 7) is 6.76. The van der Waals surface area contributed by atoms with Crippen molar-refractivity contribution in [1.82, 2.24) is 0 Å². The van der Waals surface area contributed by atoms with Crippen molar-refractivity contribution >= 4 is 21.9 Å². The summed E-state index contributed by atoms with van der Waals surface area (Å²) in [6.07, 6.45) is 2.71. The van der Waals surface area contributed by atoms with Gasteiger partial charge in [-0.3, -0.25) is 4.79 Å². The average molecular weight is 447 g/mol. The van der Waals surface area contributed by atoms with E-state index in [2.05, 4.69) is 15.9 Å². The second-order valence-electron chi connectivity index (χ2n) is 8.21. The molecule has 0 saturated heterocycles. The molecule has 1 saturated carbocycles. The predicted octanol–water partition coefficient (Wildman–Crippen LogP) is 5.70. The first kappa shape index (κ1) is 20.7. The summed E-state index contributed by atoms with van der Waals surface area (Å²) in [6, 6.07) is 13.6. The van der Waals surface area contributed by atoms with E-state index in [1.54, 1.807) is 0 Å². The SMILES string of the molecule is CC(C)(C)OC(=O)Cc1ccccc1OCc1cc(Br)cc(OCC2CC2)c1. The molecule has 1 aliphatic carbocycles. The molecular weight excluding hydrogens is 420 g/mol. The van der Waals surface area contributed by atoms with Gasteiger partial charge in [-0.25, -0.2) is 0 Å². The summed E-state index contributed by atoms with van der Waals surface area (Å²) in [5.41, 5.74) is 1.32. The van der Waals surface area contributed by atoms with Crippen molar-refractivity contribution in [3.63, 3.8) is 0 Å². The Balaban J connectivity index is 1.63. The number of carbonyl (C=O) groups excluding carboxylic acids is 1. The molecule has 0 atom stereocenters. The average Bonchev–Trinajstić information content (AvgIpc) is 3.41. The first-order valence-corrected chi connectivity index (χ1v) is 10.4. The van der Waals surface area contributed by atoms with Crippen LogP contribution in [-0.2, 0) is 22.6 Å². The van der Waals surface area contributed by atoms with E-state index in [4.69, 9.17) is 14.2 Å². The van der Waals surface area contributed by atoms with Crippen molar-refractivity contribution in [2.24, 2.45) is 5.92 Å². The standard InChI is InChI=1S/C23H27BrO4/c1-23(2,3)28-22(25)12-18-6-4-5-7-21(18)27-15-17-10-19(24)13-20(11-17)26-14-16-8-9-16/h4-7,10-11,13,16H,8-9,12,14-15H2,1-3H3. The molecular formula is C23H27BrO4. The highest BCUT2D eigenvalue weighted by Crippen LogP contribution is 2.31. The molecule has 0 aliphatic heterocycles. The Hall–Kier alpha value is -2.01. The number of para-hydroxylation sites is 1. The second kappa shape index (κ2) is 8.99. The lowest BCUT2D eigenvalue weighted by molar-refractivity contribution is -0.153. The zero-order valence-electron chi connectivity index (χ0n) is 16.7. The van der Waals surface area contributed by atoms with Gasteiger partial charge < -0.3 is 14.2 Å². The molecule has 4 nitrogen and oxygen atoms in total. The number of esters is 1. The normalized spacial score (nSPS) is 13.9. The van der Waals surface area contributed by atoms with Gasteiger partial charge in [-0.1, -0.05) is 34.1 Å². The molecule has 150 valence electrons. The minimum absolute atomic E-state index is 0.182. The molecule has 2 aromatic rings. The molecule has 0 spiro atoms. The highest BCUT2D eigenvalue weighted by atomic mass is 79.9. The van der Waals surface area contributed by atoms with Gasteiger partial charge in [0.25, 0.3) is 0 Å². The second-order valence-corrected chi connectivity index (χ2v) is 9.12. The van der Waals surface area contributed by atoms with E-state index in [-0.39, 0.29) is 12.4 Å². The molecule has 0 amide bonds. The van der Waals surface area contributed by atoms with Gasteiger partial charge in [0.15, 0.2) is 0 Å². The van der Waals surface area contributed by atoms with E-state index in [1.165, 1.54) is 12.8 Å². The summed E-state index contributed by atoms with van der Waals surface area (Å²) < 4.78 is 18.3. The minimum Gasteiger partial charge on any atom is -0.493 e. The van der Waals surface area contributed by atoms with E-state index in [9.17, 15) is 4.79 Å². The fourth-order valence-electron chi connectivity index (χ4n) is 2.77. The molecule has 3 rings (SSSR count). The number of benzene rings is 2. The molecule has 1 fully saturated rings. The Bertz CT molecular complexity index is 822. The third kappa shape index (κ3) is 6.86. The van der Waals surface area contributed by atoms with Crippen LogP contribution in [0.1, 0.15) is 44.7 Å². The van der Waals surface area contributed by atoms with Gasteiger partial charge in [0.1, 0.15) is 23.7 Å². The lowest BCUT2D eigenvalue weighted by Crippen LogP contribution is -2.25. The van der Waals surface area contributed by atoms with Crippen molar-refractivity contribution in [3.8, 4) is 11.5 Å². The number of ether oxygens (including phenoxy) is 3. The van der Waals surface area contributed by atoms with Gasteiger partial charge in [-0.15, -0.1) is 0 Å². The topological polar surface area (TPSA) is 44.8 Å². The largest absolute Gasteiger partial charge is 0.493 e. The van der Waals surface area contributed by atoms with Crippen LogP contribution in [0.15, 0.2) is 46.9 Å². The van der Waals surface area contributed by atoms with Crippen LogP contribution in [0.2, 0.25) is 0 Å². The van der Waals surface area contributed by atoms with Crippen LogP contribution in [0.25, 0.3) is 0 Å². The Morgan fingerprint density at radius 2 is 1.86 bits per heavy atom. The van der Waals surface area contributed by atoms with E-state index in [1.807, 2.05) is 63.2 Å². The molecule has 0 bridgehead atoms. The number of halogens is 1. The van der Waals surface area contributed by atoms with Crippen LogP contribution in [0.3, 0.4) is 0 Å². The predicted molar refractivity (Wildman–Crippen MR) is 113 cm³/mol. The summed E-state index contributed by atoms with van der Waals surface area (Å²) in [4.78, 5) is 12.2. The molecule has 0 radical (unpaired) electrons. The van der Waals surface area contributed by atoms with Gasteiger partial charge in [0, 0.05) is 10.0 Å². The number of hydrogen-bond acceptors (Lipinski definition) is 4. The number of carbonyl (C=O) groups is 1. The molecule has 0 N–H and O–H groups in total. The Morgan fingerprint density at radius 3 is 2.57 bits per heavy atom. The van der Waals surface area contributed by atoms with Gasteiger partial charge >= 0.3 is 5.97 Å². The van der Waals surface area contributed by atoms with Crippen molar-refractivity contribution in [2.75, 3.05) is 6.61 Å². The van der Waals surface area contributed by atoms with Crippen LogP contribution in [0.4, 0.5) is 0 Å². The van der Waals surface area contributed by atoms with Crippen LogP contribution >= 0.6 is 15.9 Å². The first-order chi connectivity index (χ1) is 13.3. The van der Waals surface area contributed by atoms with Crippen LogP contribution in [0, 0.1) is 5.92 Å². The Labute approximate surface area is 175 Å². The van der Waals surface area contributed by atoms with Crippen molar-refractivity contribution in [3.05, 3.63) is 58.1 Å². The summed E-state index contributed by atoms with van der Waals surface area (Å²) in [5.74, 6) is 1.98. The number of rotatable bonds is 8. The quantitative estimate of drug-likeness (QED) is 0.487. The van der Waals surface area contributed by atoms with Crippen molar-refractivity contribution in [1.29, 1.82) is 0 Å². The maximum absolute atomic E-state index is 12.2. The maximum Gasteiger partial charge on any atom is 0.310 e. The van der Waals surface area contributed by atoms with E-state index in [0.29, 0.717) is 18.3 Å². The third-order valence-electron chi connectivity index (χ3n) is 4.24. The summed E-state index contributed by atoms with van der Waals surface area (Å²) >= 11 is 3.54. The van der Waals surface area contributed by atoms with Gasteiger partial charge in [-0.05, 0) is 69.4 Å². The fourth-order valence-corrected chi connectivity index (χ4v) is 3.29. The Morgan fingerprint density at radius 1 is 1.11 bits per heavy atom. The molecule has 1 aliphatic rings. The highest BCUT2D eigenvalue weighted by Gasteiger charge is 2.22. The van der Waals surface area contributed by atoms with Gasteiger partial charge in [0.2, 0.25) is 0 Å². The molecule has 2 aromatic carbocycles. The fraction of sp³-hybridized carbons (Fsp3) is 0.435. The van der Waals surface area contributed by atoms with Gasteiger partial charge in [0.05, 0.1) is 13.0 Å². The maximum atomic E-state index is 12.2. The molecule has 0 aromatic heterocycles. The van der Waals surface area contributed by atoms with E-state index < -0.39 is 5.60 Å². The van der Waals surface area contributed by atoms with E-state index >= 15 is 0 Å². The first-order valence-electron chi connectivity index (χ1n) is 9.63. The Kier molecular flexibility index (Phi) is 6.65. The zero-order valence-corrected chi connectivity index (χ0v) is 18.3. The lowest BCUT2D eigenvalue weighted by Gasteiger charge is -2.20. The minimum atomic E-state index is -0.500.